The van der Waals surface area contributed by atoms with E-state index >= 15 is 0 Å². The number of rotatable bonds is 8. The zero-order valence-corrected chi connectivity index (χ0v) is 22.8. The number of benzene rings is 4. The number of carbonyl (C=O) groups excluding carboxylic acids is 1. The van der Waals surface area contributed by atoms with E-state index < -0.39 is 0 Å². The van der Waals surface area contributed by atoms with Crippen LogP contribution in [-0.2, 0) is 0 Å². The van der Waals surface area contributed by atoms with Crippen molar-refractivity contribution in [2.75, 3.05) is 45.8 Å². The van der Waals surface area contributed by atoms with E-state index in [-0.39, 0.29) is 5.91 Å². The molecule has 5 heteroatoms. The molecule has 0 radical (unpaired) electrons. The summed E-state index contributed by atoms with van der Waals surface area (Å²) >= 11 is 0. The molecule has 4 aromatic rings. The van der Waals surface area contributed by atoms with Crippen LogP contribution in [0.5, 0.6) is 0 Å². The lowest BCUT2D eigenvalue weighted by atomic mass is 10.0. The van der Waals surface area contributed by atoms with Crippen molar-refractivity contribution in [3.63, 3.8) is 0 Å². The van der Waals surface area contributed by atoms with Crippen LogP contribution in [0.4, 0.5) is 39.8 Å². The lowest BCUT2D eigenvalue weighted by molar-refractivity contribution is 0.0999. The maximum Gasteiger partial charge on any atom is 0.262 e. The molecule has 0 N–H and O–H groups in total. The number of anilines is 7. The van der Waals surface area contributed by atoms with Crippen LogP contribution in [-0.4, -0.2) is 32.1 Å². The molecule has 0 saturated carbocycles. The Kier molecular flexibility index (Phi) is 7.36. The second-order valence-corrected chi connectivity index (χ2v) is 9.37. The number of fused-ring (bicyclic) bond motifs is 2. The fraction of sp³-hybridized carbons (Fsp3) is 0.242. The fourth-order valence-corrected chi connectivity index (χ4v) is 5.37. The minimum absolute atomic E-state index is 0.0352. The maximum absolute atomic E-state index is 14.1. The summed E-state index contributed by atoms with van der Waals surface area (Å²) in [6.45, 7) is 12.4. The second-order valence-electron chi connectivity index (χ2n) is 9.37. The zero-order chi connectivity index (χ0) is 26.6. The number of para-hydroxylation sites is 1. The summed E-state index contributed by atoms with van der Waals surface area (Å²) in [7, 11) is 0. The van der Waals surface area contributed by atoms with Gasteiger partial charge in [-0.15, -0.1) is 0 Å². The first kappa shape index (κ1) is 25.4. The minimum atomic E-state index is -0.0352. The van der Waals surface area contributed by atoms with Gasteiger partial charge in [0.2, 0.25) is 0 Å². The minimum Gasteiger partial charge on any atom is -0.372 e. The molecule has 5 rings (SSSR count). The predicted molar refractivity (Wildman–Crippen MR) is 161 cm³/mol. The average molecular weight is 505 g/mol. The molecular weight excluding hydrogens is 468 g/mol. The summed E-state index contributed by atoms with van der Waals surface area (Å²) in [6, 6.07) is 32.9. The van der Waals surface area contributed by atoms with Crippen LogP contribution < -0.4 is 19.6 Å². The first-order valence-corrected chi connectivity index (χ1v) is 13.6. The topological polar surface area (TPSA) is 30.0 Å². The molecule has 0 aromatic heterocycles. The zero-order valence-electron chi connectivity index (χ0n) is 22.8. The molecular formula is C33H36N4O. The van der Waals surface area contributed by atoms with Crippen LogP contribution in [0.2, 0.25) is 0 Å². The Morgan fingerprint density at radius 3 is 1.47 bits per heavy atom. The van der Waals surface area contributed by atoms with Gasteiger partial charge in [0.1, 0.15) is 0 Å². The Morgan fingerprint density at radius 1 is 0.579 bits per heavy atom. The molecule has 0 bridgehead atoms. The van der Waals surface area contributed by atoms with Gasteiger partial charge in [0.15, 0.2) is 0 Å². The van der Waals surface area contributed by atoms with Crippen LogP contribution in [0.1, 0.15) is 38.1 Å². The summed E-state index contributed by atoms with van der Waals surface area (Å²) in [5.41, 5.74) is 7.76. The van der Waals surface area contributed by atoms with Gasteiger partial charge in [-0.1, -0.05) is 36.4 Å². The first-order valence-electron chi connectivity index (χ1n) is 13.6. The van der Waals surface area contributed by atoms with Gasteiger partial charge in [-0.2, -0.15) is 0 Å². The lowest BCUT2D eigenvalue weighted by Crippen LogP contribution is -2.33. The second kappa shape index (κ2) is 11.0. The van der Waals surface area contributed by atoms with Crippen LogP contribution in [0.25, 0.3) is 0 Å². The van der Waals surface area contributed by atoms with Crippen LogP contribution in [0.15, 0.2) is 97.1 Å². The van der Waals surface area contributed by atoms with Gasteiger partial charge in [-0.05, 0) is 88.4 Å². The van der Waals surface area contributed by atoms with E-state index in [4.69, 9.17) is 0 Å². The molecule has 0 fully saturated rings. The van der Waals surface area contributed by atoms with Crippen molar-refractivity contribution in [2.24, 2.45) is 0 Å². The standard InChI is InChI=1S/C33H36N4O/c1-5-34(6-2)27-19-21-29-31(23-27)36(26-17-13-10-14-18-26)32-24-28(35(7-3)8-4)20-22-30(32)37(29)33(38)25-15-11-9-12-16-25/h9-24H,5-8H2,1-4H3. The maximum atomic E-state index is 14.1. The Bertz CT molecular complexity index is 1330. The van der Waals surface area contributed by atoms with Gasteiger partial charge >= 0.3 is 0 Å². The highest BCUT2D eigenvalue weighted by Gasteiger charge is 2.34. The highest BCUT2D eigenvalue weighted by Crippen LogP contribution is 2.53. The van der Waals surface area contributed by atoms with Crippen LogP contribution in [0, 0.1) is 0 Å². The smallest absolute Gasteiger partial charge is 0.262 e. The van der Waals surface area contributed by atoms with Crippen molar-refractivity contribution in [2.45, 2.75) is 27.7 Å². The van der Waals surface area contributed by atoms with Crippen molar-refractivity contribution in [1.29, 1.82) is 0 Å². The van der Waals surface area contributed by atoms with Crippen molar-refractivity contribution < 1.29 is 4.79 Å². The number of carbonyl (C=O) groups is 1. The molecule has 1 amide bonds. The van der Waals surface area contributed by atoms with Crippen LogP contribution in [0.3, 0.4) is 0 Å². The summed E-state index contributed by atoms with van der Waals surface area (Å²) < 4.78 is 0. The number of hydrogen-bond acceptors (Lipinski definition) is 4. The van der Waals surface area contributed by atoms with Gasteiger partial charge in [0.05, 0.1) is 22.7 Å². The van der Waals surface area contributed by atoms with Gasteiger partial charge in [0.25, 0.3) is 5.91 Å². The Morgan fingerprint density at radius 2 is 1.03 bits per heavy atom. The molecule has 0 unspecified atom stereocenters. The molecule has 38 heavy (non-hydrogen) atoms. The first-order chi connectivity index (χ1) is 18.6. The molecule has 1 aliphatic heterocycles. The largest absolute Gasteiger partial charge is 0.372 e. The molecule has 1 aliphatic rings. The summed E-state index contributed by atoms with van der Waals surface area (Å²) in [5.74, 6) is -0.0352. The molecule has 0 saturated heterocycles. The van der Waals surface area contributed by atoms with Crippen molar-refractivity contribution in [3.05, 3.63) is 103 Å². The summed E-state index contributed by atoms with van der Waals surface area (Å²) in [4.78, 5) is 23.0. The van der Waals surface area contributed by atoms with Gasteiger partial charge in [0, 0.05) is 48.8 Å². The van der Waals surface area contributed by atoms with E-state index in [1.807, 2.05) is 41.3 Å². The highest BCUT2D eigenvalue weighted by molar-refractivity contribution is 6.17. The van der Waals surface area contributed by atoms with E-state index in [2.05, 4.69) is 103 Å². The normalized spacial score (nSPS) is 12.1. The van der Waals surface area contributed by atoms with E-state index in [9.17, 15) is 4.79 Å². The summed E-state index contributed by atoms with van der Waals surface area (Å²) in [5, 5.41) is 0. The van der Waals surface area contributed by atoms with Crippen molar-refractivity contribution in [3.8, 4) is 0 Å². The van der Waals surface area contributed by atoms with Crippen molar-refractivity contribution in [1.82, 2.24) is 0 Å². The molecule has 4 aromatic carbocycles. The number of nitrogens with zero attached hydrogens (tertiary/aromatic N) is 4. The SMILES string of the molecule is CCN(CC)c1ccc2c(c1)N(c1ccccc1)c1cc(N(CC)CC)ccc1N2C(=O)c1ccccc1. The molecule has 0 aliphatic carbocycles. The molecule has 0 atom stereocenters. The van der Waals surface area contributed by atoms with E-state index in [0.717, 1.165) is 66.0 Å². The lowest BCUT2D eigenvalue weighted by Gasteiger charge is -2.40. The fourth-order valence-electron chi connectivity index (χ4n) is 5.37. The molecule has 5 nitrogen and oxygen atoms in total. The monoisotopic (exact) mass is 504 g/mol. The Hall–Kier alpha value is -4.25. The van der Waals surface area contributed by atoms with E-state index in [0.29, 0.717) is 5.56 Å². The van der Waals surface area contributed by atoms with Gasteiger partial charge in [-0.25, -0.2) is 0 Å². The highest BCUT2D eigenvalue weighted by atomic mass is 16.2. The quantitative estimate of drug-likeness (QED) is 0.242. The van der Waals surface area contributed by atoms with Gasteiger partial charge in [-0.3, -0.25) is 9.69 Å². The molecule has 194 valence electrons. The Labute approximate surface area is 226 Å². The van der Waals surface area contributed by atoms with E-state index in [1.54, 1.807) is 0 Å². The van der Waals surface area contributed by atoms with E-state index in [1.165, 1.54) is 0 Å². The predicted octanol–water partition coefficient (Wildman–Crippen LogP) is 8.14. The summed E-state index contributed by atoms with van der Waals surface area (Å²) in [6.07, 6.45) is 0. The third kappa shape index (κ3) is 4.49. The van der Waals surface area contributed by atoms with Crippen molar-refractivity contribution >= 4 is 45.7 Å². The van der Waals surface area contributed by atoms with Gasteiger partial charge < -0.3 is 14.7 Å². The third-order valence-electron chi connectivity index (χ3n) is 7.38. The molecule has 0 spiro atoms. The number of hydrogen-bond donors (Lipinski definition) is 0. The third-order valence-corrected chi connectivity index (χ3v) is 7.38. The van der Waals surface area contributed by atoms with Crippen LogP contribution >= 0.6 is 0 Å². The average Bonchev–Trinajstić information content (AvgIpc) is 2.97. The Balaban J connectivity index is 1.79. The molecule has 1 heterocycles. The number of amides is 1.